The predicted octanol–water partition coefficient (Wildman–Crippen LogP) is 7.85. The van der Waals surface area contributed by atoms with Gasteiger partial charge in [0.15, 0.2) is 0 Å². The number of benzene rings is 4. The first-order valence-electron chi connectivity index (χ1n) is 15.4. The minimum atomic E-state index is -4.25. The summed E-state index contributed by atoms with van der Waals surface area (Å²) in [6, 6.07) is 26.2. The normalized spacial score (nSPS) is 14.0. The molecule has 0 heterocycles. The first kappa shape index (κ1) is 34.8. The van der Waals surface area contributed by atoms with E-state index in [2.05, 4.69) is 5.32 Å². The number of anilines is 1. The van der Waals surface area contributed by atoms with Crippen LogP contribution in [0, 0.1) is 6.92 Å². The van der Waals surface area contributed by atoms with Crippen LogP contribution in [0.25, 0.3) is 0 Å². The van der Waals surface area contributed by atoms with Crippen LogP contribution in [0.2, 0.25) is 15.1 Å². The zero-order valence-corrected chi connectivity index (χ0v) is 29.0. The van der Waals surface area contributed by atoms with E-state index >= 15 is 0 Å². The van der Waals surface area contributed by atoms with E-state index in [0.29, 0.717) is 31.9 Å². The van der Waals surface area contributed by atoms with Crippen LogP contribution < -0.4 is 9.62 Å². The zero-order chi connectivity index (χ0) is 33.6. The highest BCUT2D eigenvalue weighted by molar-refractivity contribution is 7.92. The summed E-state index contributed by atoms with van der Waals surface area (Å²) in [5.41, 5.74) is 2.42. The molecule has 0 unspecified atom stereocenters. The number of nitrogens with one attached hydrogen (secondary N) is 1. The van der Waals surface area contributed by atoms with Gasteiger partial charge in [-0.15, -0.1) is 0 Å². The summed E-state index contributed by atoms with van der Waals surface area (Å²) in [5.74, 6) is -0.874. The van der Waals surface area contributed by atoms with Gasteiger partial charge in [-0.2, -0.15) is 0 Å². The molecule has 2 amide bonds. The van der Waals surface area contributed by atoms with Crippen LogP contribution in [0.4, 0.5) is 5.69 Å². The van der Waals surface area contributed by atoms with Gasteiger partial charge < -0.3 is 10.2 Å². The molecule has 4 aromatic rings. The van der Waals surface area contributed by atoms with Crippen molar-refractivity contribution in [2.24, 2.45) is 0 Å². The van der Waals surface area contributed by atoms with Crippen molar-refractivity contribution in [3.05, 3.63) is 129 Å². The summed E-state index contributed by atoms with van der Waals surface area (Å²) in [6.45, 7) is 1.17. The molecule has 0 saturated heterocycles. The fourth-order valence-corrected chi connectivity index (χ4v) is 7.92. The number of hydrogen-bond acceptors (Lipinski definition) is 4. The maximum Gasteiger partial charge on any atom is 0.264 e. The first-order chi connectivity index (χ1) is 22.5. The maximum absolute atomic E-state index is 14.7. The fourth-order valence-electron chi connectivity index (χ4n) is 5.85. The summed E-state index contributed by atoms with van der Waals surface area (Å²) in [7, 11) is -4.25. The largest absolute Gasteiger partial charge is 0.352 e. The summed E-state index contributed by atoms with van der Waals surface area (Å²) in [5, 5.41) is 4.30. The summed E-state index contributed by atoms with van der Waals surface area (Å²) < 4.78 is 29.5. The molecule has 246 valence electrons. The van der Waals surface area contributed by atoms with Gasteiger partial charge in [-0.05, 0) is 78.9 Å². The Morgan fingerprint density at radius 1 is 0.851 bits per heavy atom. The average Bonchev–Trinajstić information content (AvgIpc) is 3.56. The van der Waals surface area contributed by atoms with Crippen LogP contribution in [-0.4, -0.2) is 43.8 Å². The molecule has 0 radical (unpaired) electrons. The third kappa shape index (κ3) is 8.68. The van der Waals surface area contributed by atoms with E-state index in [4.69, 9.17) is 34.8 Å². The molecule has 1 atom stereocenters. The second-order valence-corrected chi connectivity index (χ2v) is 14.8. The topological polar surface area (TPSA) is 86.8 Å². The van der Waals surface area contributed by atoms with Crippen LogP contribution in [0.5, 0.6) is 0 Å². The molecular weight excluding hydrogens is 677 g/mol. The van der Waals surface area contributed by atoms with Crippen molar-refractivity contribution in [2.75, 3.05) is 10.8 Å². The first-order valence-corrected chi connectivity index (χ1v) is 18.0. The van der Waals surface area contributed by atoms with Gasteiger partial charge in [0.05, 0.1) is 10.6 Å². The highest BCUT2D eigenvalue weighted by Gasteiger charge is 2.36. The molecule has 47 heavy (non-hydrogen) atoms. The molecule has 1 aliphatic carbocycles. The Labute approximate surface area is 291 Å². The molecule has 0 aromatic heterocycles. The second kappa shape index (κ2) is 15.6. The molecule has 0 aliphatic heterocycles. The molecule has 7 nitrogen and oxygen atoms in total. The van der Waals surface area contributed by atoms with Gasteiger partial charge in [-0.1, -0.05) is 102 Å². The number of carbonyl (C=O) groups is 2. The van der Waals surface area contributed by atoms with Crippen LogP contribution in [-0.2, 0) is 32.6 Å². The Morgan fingerprint density at radius 2 is 1.49 bits per heavy atom. The number of para-hydroxylation sites is 1. The van der Waals surface area contributed by atoms with E-state index in [1.165, 1.54) is 29.2 Å². The van der Waals surface area contributed by atoms with Gasteiger partial charge in [-0.25, -0.2) is 8.42 Å². The fraction of sp³-hybridized carbons (Fsp3) is 0.278. The van der Waals surface area contributed by atoms with Gasteiger partial charge >= 0.3 is 0 Å². The van der Waals surface area contributed by atoms with Crippen molar-refractivity contribution in [3.8, 4) is 0 Å². The van der Waals surface area contributed by atoms with Crippen molar-refractivity contribution in [1.82, 2.24) is 10.2 Å². The molecule has 11 heteroatoms. The van der Waals surface area contributed by atoms with Crippen molar-refractivity contribution in [2.45, 2.75) is 62.6 Å². The Hall–Kier alpha value is -3.56. The Balaban J connectivity index is 1.59. The van der Waals surface area contributed by atoms with Gasteiger partial charge in [0.25, 0.3) is 10.0 Å². The summed E-state index contributed by atoms with van der Waals surface area (Å²) in [6.07, 6.45) is 3.98. The Morgan fingerprint density at radius 3 is 2.15 bits per heavy atom. The molecule has 1 N–H and O–H groups in total. The molecule has 4 aromatic carbocycles. The van der Waals surface area contributed by atoms with E-state index in [0.717, 1.165) is 35.6 Å². The lowest BCUT2D eigenvalue weighted by Crippen LogP contribution is -2.54. The number of aryl methyl sites for hydroxylation is 1. The van der Waals surface area contributed by atoms with Crippen LogP contribution in [0.3, 0.4) is 0 Å². The van der Waals surface area contributed by atoms with Crippen molar-refractivity contribution in [3.63, 3.8) is 0 Å². The van der Waals surface area contributed by atoms with Crippen molar-refractivity contribution in [1.29, 1.82) is 0 Å². The van der Waals surface area contributed by atoms with Crippen LogP contribution >= 0.6 is 34.8 Å². The molecule has 5 rings (SSSR count). The van der Waals surface area contributed by atoms with Crippen molar-refractivity contribution < 1.29 is 18.0 Å². The third-order valence-corrected chi connectivity index (χ3v) is 11.0. The van der Waals surface area contributed by atoms with E-state index in [9.17, 15) is 18.0 Å². The lowest BCUT2D eigenvalue weighted by molar-refractivity contribution is -0.140. The van der Waals surface area contributed by atoms with E-state index < -0.39 is 28.5 Å². The zero-order valence-electron chi connectivity index (χ0n) is 25.9. The van der Waals surface area contributed by atoms with Gasteiger partial charge in [0.2, 0.25) is 11.8 Å². The molecular formula is C36H36Cl3N3O4S. The summed E-state index contributed by atoms with van der Waals surface area (Å²) >= 11 is 18.9. The highest BCUT2D eigenvalue weighted by Crippen LogP contribution is 2.29. The number of halogens is 3. The van der Waals surface area contributed by atoms with Gasteiger partial charge in [0.1, 0.15) is 12.6 Å². The lowest BCUT2D eigenvalue weighted by Gasteiger charge is -2.35. The molecule has 1 aliphatic rings. The monoisotopic (exact) mass is 711 g/mol. The molecule has 1 fully saturated rings. The van der Waals surface area contributed by atoms with E-state index in [1.807, 2.05) is 30.3 Å². The van der Waals surface area contributed by atoms with Gasteiger partial charge in [0, 0.05) is 34.1 Å². The van der Waals surface area contributed by atoms with Crippen LogP contribution in [0.15, 0.2) is 102 Å². The number of hydrogen-bond donors (Lipinski definition) is 1. The predicted molar refractivity (Wildman–Crippen MR) is 189 cm³/mol. The van der Waals surface area contributed by atoms with E-state index in [-0.39, 0.29) is 29.8 Å². The lowest BCUT2D eigenvalue weighted by atomic mass is 10.0. The number of sulfonamides is 1. The second-order valence-electron chi connectivity index (χ2n) is 11.7. The quantitative estimate of drug-likeness (QED) is 0.162. The van der Waals surface area contributed by atoms with Gasteiger partial charge in [-0.3, -0.25) is 13.9 Å². The van der Waals surface area contributed by atoms with E-state index in [1.54, 1.807) is 49.4 Å². The Kier molecular flexibility index (Phi) is 11.5. The smallest absolute Gasteiger partial charge is 0.264 e. The average molecular weight is 713 g/mol. The minimum Gasteiger partial charge on any atom is -0.352 e. The molecule has 0 spiro atoms. The standard InChI is InChI=1S/C36H36Cl3N3O4S/c1-25-9-5-8-14-33(25)42(47(45,46)31-19-17-28(37)18-20-31)24-35(43)41(23-27-15-16-29(38)22-32(27)39)34(21-26-10-3-2-4-11-26)36(44)40-30-12-6-7-13-30/h2-5,8-11,14-20,22,30,34H,6-7,12-13,21,23-24H2,1H3,(H,40,44)/t34-/m1/s1. The highest BCUT2D eigenvalue weighted by atomic mass is 35.5. The summed E-state index contributed by atoms with van der Waals surface area (Å²) in [4.78, 5) is 30.2. The number of nitrogens with zero attached hydrogens (tertiary/aromatic N) is 2. The number of rotatable bonds is 12. The van der Waals surface area contributed by atoms with Crippen molar-refractivity contribution >= 4 is 62.3 Å². The molecule has 0 bridgehead atoms. The van der Waals surface area contributed by atoms with Crippen LogP contribution in [0.1, 0.15) is 42.4 Å². The minimum absolute atomic E-state index is 0.00518. The Bertz CT molecular complexity index is 1820. The maximum atomic E-state index is 14.7. The molecule has 1 saturated carbocycles. The number of amides is 2. The SMILES string of the molecule is Cc1ccccc1N(CC(=O)N(Cc1ccc(Cl)cc1Cl)[C@H](Cc1ccccc1)C(=O)NC1CCCC1)S(=O)(=O)c1ccc(Cl)cc1. The number of carbonyl (C=O) groups excluding carboxylic acids is 2. The third-order valence-electron chi connectivity index (χ3n) is 8.39.